The lowest BCUT2D eigenvalue weighted by Gasteiger charge is -2.22. The van der Waals surface area contributed by atoms with Gasteiger partial charge in [0.1, 0.15) is 6.04 Å². The monoisotopic (exact) mass is 293 g/mol. The van der Waals surface area contributed by atoms with Gasteiger partial charge in [0.25, 0.3) is 0 Å². The Morgan fingerprint density at radius 2 is 2.24 bits per heavy atom. The number of para-hydroxylation sites is 2. The summed E-state index contributed by atoms with van der Waals surface area (Å²) < 4.78 is 0. The summed E-state index contributed by atoms with van der Waals surface area (Å²) in [5, 5.41) is 24.5. The average Bonchev–Trinajstić information content (AvgIpc) is 2.46. The molecule has 1 rings (SSSR count). The Labute approximate surface area is 120 Å². The quantitative estimate of drug-likeness (QED) is 0.258. The van der Waals surface area contributed by atoms with E-state index >= 15 is 0 Å². The molecule has 0 amide bonds. The minimum Gasteiger partial charge on any atom is -0.481 e. The molecule has 0 saturated heterocycles. The summed E-state index contributed by atoms with van der Waals surface area (Å²) in [5.41, 5.74) is 8.63. The lowest BCUT2D eigenvalue weighted by molar-refractivity contribution is -0.384. The Kier molecular flexibility index (Phi) is 5.97. The number of nitro benzene ring substituents is 1. The maximum absolute atomic E-state index is 11.1. The van der Waals surface area contributed by atoms with Crippen LogP contribution < -0.4 is 5.01 Å². The molecule has 1 aromatic carbocycles. The van der Waals surface area contributed by atoms with E-state index in [1.54, 1.807) is 13.0 Å². The molecule has 9 heteroatoms. The number of nitro groups is 1. The van der Waals surface area contributed by atoms with Crippen molar-refractivity contribution in [2.75, 3.05) is 5.01 Å². The zero-order valence-electron chi connectivity index (χ0n) is 11.4. The van der Waals surface area contributed by atoms with Crippen LogP contribution in [0.25, 0.3) is 10.4 Å². The predicted molar refractivity (Wildman–Crippen MR) is 75.7 cm³/mol. The van der Waals surface area contributed by atoms with Gasteiger partial charge in [0.05, 0.1) is 4.92 Å². The fourth-order valence-corrected chi connectivity index (χ4v) is 1.96. The van der Waals surface area contributed by atoms with Gasteiger partial charge >= 0.3 is 11.7 Å². The van der Waals surface area contributed by atoms with Gasteiger partial charge in [0.15, 0.2) is 0 Å². The second-order valence-corrected chi connectivity index (χ2v) is 4.26. The van der Waals surface area contributed by atoms with Crippen molar-refractivity contribution in [2.45, 2.75) is 32.2 Å². The van der Waals surface area contributed by atoms with E-state index in [1.807, 2.05) is 0 Å². The molecule has 0 aliphatic rings. The lowest BCUT2D eigenvalue weighted by atomic mass is 10.1. The second kappa shape index (κ2) is 7.71. The van der Waals surface area contributed by atoms with E-state index < -0.39 is 16.9 Å². The second-order valence-electron chi connectivity index (χ2n) is 4.26. The zero-order chi connectivity index (χ0) is 15.8. The number of azide groups is 1. The fourth-order valence-electron chi connectivity index (χ4n) is 1.96. The van der Waals surface area contributed by atoms with Gasteiger partial charge in [-0.3, -0.25) is 14.9 Å². The Balaban J connectivity index is 3.19. The normalized spacial score (nSPS) is 11.3. The molecule has 1 aromatic rings. The Morgan fingerprint density at radius 1 is 1.57 bits per heavy atom. The molecule has 0 radical (unpaired) electrons. The Hall–Kier alpha value is -2.80. The number of nitrogens with zero attached hydrogens (tertiary/aromatic N) is 5. The summed E-state index contributed by atoms with van der Waals surface area (Å²) in [6.07, 6.45) is 0.589. The summed E-state index contributed by atoms with van der Waals surface area (Å²) >= 11 is 0. The first-order valence-electron chi connectivity index (χ1n) is 6.30. The third-order valence-electron chi connectivity index (χ3n) is 2.97. The molecule has 0 fully saturated rings. The van der Waals surface area contributed by atoms with Gasteiger partial charge in [-0.15, -0.1) is 5.53 Å². The van der Waals surface area contributed by atoms with E-state index in [-0.39, 0.29) is 24.2 Å². The molecule has 112 valence electrons. The summed E-state index contributed by atoms with van der Waals surface area (Å²) in [6.45, 7) is 1.79. The Morgan fingerprint density at radius 3 is 2.76 bits per heavy atom. The van der Waals surface area contributed by atoms with Crippen molar-refractivity contribution in [1.82, 2.24) is 0 Å². The van der Waals surface area contributed by atoms with Crippen molar-refractivity contribution < 1.29 is 14.8 Å². The van der Waals surface area contributed by atoms with E-state index in [0.717, 1.165) is 0 Å². The van der Waals surface area contributed by atoms with Crippen molar-refractivity contribution in [3.63, 3.8) is 0 Å². The first kappa shape index (κ1) is 16.3. The molecule has 0 saturated carbocycles. The van der Waals surface area contributed by atoms with Gasteiger partial charge in [-0.05, 0) is 24.1 Å². The zero-order valence-corrected chi connectivity index (χ0v) is 11.4. The van der Waals surface area contributed by atoms with Crippen molar-refractivity contribution >= 4 is 17.3 Å². The minimum absolute atomic E-state index is 0.114. The molecule has 0 spiro atoms. The predicted octanol–water partition coefficient (Wildman–Crippen LogP) is 3.27. The first-order chi connectivity index (χ1) is 10.0. The molecule has 21 heavy (non-hydrogen) atoms. The van der Waals surface area contributed by atoms with Gasteiger partial charge < -0.3 is 5.11 Å². The first-order valence-corrected chi connectivity index (χ1v) is 6.30. The van der Waals surface area contributed by atoms with Crippen LogP contribution in [0, 0.1) is 10.1 Å². The highest BCUT2D eigenvalue weighted by molar-refractivity contribution is 5.67. The maximum atomic E-state index is 11.1. The van der Waals surface area contributed by atoms with Crippen LogP contribution in [0.5, 0.6) is 0 Å². The van der Waals surface area contributed by atoms with E-state index in [0.29, 0.717) is 6.42 Å². The van der Waals surface area contributed by atoms with E-state index in [1.165, 1.54) is 23.2 Å². The van der Waals surface area contributed by atoms with E-state index in [4.69, 9.17) is 10.6 Å². The van der Waals surface area contributed by atoms with Gasteiger partial charge in [0, 0.05) is 12.5 Å². The van der Waals surface area contributed by atoms with Crippen LogP contribution in [0.15, 0.2) is 29.5 Å². The van der Waals surface area contributed by atoms with E-state index in [2.05, 4.69) is 10.1 Å². The fraction of sp³-hybridized carbons (Fsp3) is 0.417. The van der Waals surface area contributed by atoms with Crippen LogP contribution in [-0.2, 0) is 4.79 Å². The minimum atomic E-state index is -0.975. The third-order valence-corrected chi connectivity index (χ3v) is 2.97. The highest BCUT2D eigenvalue weighted by Crippen LogP contribution is 2.31. The number of benzene rings is 1. The number of carbonyl (C=O) groups is 1. The highest BCUT2D eigenvalue weighted by atomic mass is 16.6. The van der Waals surface area contributed by atoms with Crippen molar-refractivity contribution in [3.05, 3.63) is 44.8 Å². The van der Waals surface area contributed by atoms with Crippen molar-refractivity contribution in [3.8, 4) is 0 Å². The van der Waals surface area contributed by atoms with Crippen LogP contribution in [0.1, 0.15) is 26.2 Å². The molecular weight excluding hydrogens is 278 g/mol. The van der Waals surface area contributed by atoms with Gasteiger partial charge in [-0.25, -0.2) is 5.01 Å². The Bertz CT molecular complexity index is 571. The van der Waals surface area contributed by atoms with Gasteiger partial charge in [0.2, 0.25) is 5.69 Å². The topological polar surface area (TPSA) is 132 Å². The number of anilines is 1. The standard InChI is InChI=1S/C12H15N5O4/c1-2-9(7-8-12(18)19)16(15-14-13)10-5-3-4-6-11(10)17(20)21/h3-6,9H,2,7-8H2,1H3,(H,18,19). The SMILES string of the molecule is CCC(CCC(=O)O)N(N=[N+]=[N-])c1ccccc1[N+](=O)[O-]. The molecule has 0 aliphatic carbocycles. The number of hydrogen-bond donors (Lipinski definition) is 1. The van der Waals surface area contributed by atoms with Crippen LogP contribution in [0.2, 0.25) is 0 Å². The van der Waals surface area contributed by atoms with Crippen LogP contribution in [0.3, 0.4) is 0 Å². The largest absolute Gasteiger partial charge is 0.481 e. The molecule has 1 N–H and O–H groups in total. The number of hydrogen-bond acceptors (Lipinski definition) is 4. The molecule has 0 aliphatic heterocycles. The number of rotatable bonds is 8. The number of carboxylic acid groups (broad SMARTS) is 1. The molecular formula is C12H15N5O4. The summed E-state index contributed by atoms with van der Waals surface area (Å²) in [6, 6.07) is 5.44. The van der Waals surface area contributed by atoms with Crippen LogP contribution >= 0.6 is 0 Å². The average molecular weight is 293 g/mol. The summed E-state index contributed by atoms with van der Waals surface area (Å²) in [7, 11) is 0. The maximum Gasteiger partial charge on any atom is 0.315 e. The highest BCUT2D eigenvalue weighted by Gasteiger charge is 2.28. The molecule has 9 nitrogen and oxygen atoms in total. The number of aliphatic carboxylic acids is 1. The van der Waals surface area contributed by atoms with Gasteiger partial charge in [-0.2, -0.15) is 4.91 Å². The van der Waals surface area contributed by atoms with Crippen LogP contribution in [-0.4, -0.2) is 22.0 Å². The molecule has 1 atom stereocenters. The summed E-state index contributed by atoms with van der Waals surface area (Å²) in [5.74, 6) is -0.975. The molecule has 1 unspecified atom stereocenters. The molecule has 0 bridgehead atoms. The van der Waals surface area contributed by atoms with Crippen LogP contribution in [0.4, 0.5) is 11.4 Å². The smallest absolute Gasteiger partial charge is 0.315 e. The molecule has 0 heterocycles. The number of carboxylic acids is 1. The third kappa shape index (κ3) is 4.36. The lowest BCUT2D eigenvalue weighted by Crippen LogP contribution is -2.30. The molecule has 0 aromatic heterocycles. The summed E-state index contributed by atoms with van der Waals surface area (Å²) in [4.78, 5) is 23.9. The van der Waals surface area contributed by atoms with E-state index in [9.17, 15) is 14.9 Å². The van der Waals surface area contributed by atoms with Crippen molar-refractivity contribution in [2.24, 2.45) is 5.22 Å². The van der Waals surface area contributed by atoms with Crippen molar-refractivity contribution in [1.29, 1.82) is 0 Å². The van der Waals surface area contributed by atoms with Gasteiger partial charge in [-0.1, -0.05) is 19.1 Å².